The molecule has 1 N–H and O–H groups in total. The van der Waals surface area contributed by atoms with Crippen molar-refractivity contribution < 1.29 is 5.11 Å². The molecule has 2 saturated carbocycles. The van der Waals surface area contributed by atoms with Crippen LogP contribution in [-0.4, -0.2) is 11.2 Å². The summed E-state index contributed by atoms with van der Waals surface area (Å²) in [6, 6.07) is 10.7. The summed E-state index contributed by atoms with van der Waals surface area (Å²) in [7, 11) is 0. The van der Waals surface area contributed by atoms with Gasteiger partial charge in [-0.25, -0.2) is 0 Å². The lowest BCUT2D eigenvalue weighted by Gasteiger charge is -2.47. The fraction of sp³-hybridized carbons (Fsp3) is 0.647. The van der Waals surface area contributed by atoms with Crippen molar-refractivity contribution in [3.05, 3.63) is 35.9 Å². The molecule has 0 amide bonds. The van der Waals surface area contributed by atoms with Gasteiger partial charge in [0.1, 0.15) is 0 Å². The minimum atomic E-state index is -0.128. The first-order valence-corrected chi connectivity index (χ1v) is 7.55. The number of hydrogen-bond acceptors (Lipinski definition) is 1. The molecule has 0 spiro atoms. The number of benzene rings is 1. The minimum Gasteiger partial charge on any atom is -0.392 e. The van der Waals surface area contributed by atoms with Crippen molar-refractivity contribution in [2.45, 2.75) is 62.9 Å². The van der Waals surface area contributed by atoms with Gasteiger partial charge in [0.15, 0.2) is 0 Å². The maximum absolute atomic E-state index is 10.7. The molecule has 1 aromatic carbocycles. The van der Waals surface area contributed by atoms with Crippen molar-refractivity contribution in [3.8, 4) is 0 Å². The van der Waals surface area contributed by atoms with E-state index in [1.54, 1.807) is 0 Å². The van der Waals surface area contributed by atoms with Gasteiger partial charge in [0.05, 0.1) is 6.10 Å². The van der Waals surface area contributed by atoms with E-state index in [9.17, 15) is 5.11 Å². The molecule has 0 radical (unpaired) electrons. The number of aliphatic hydroxyl groups is 1. The van der Waals surface area contributed by atoms with Crippen molar-refractivity contribution in [2.75, 3.05) is 0 Å². The molecule has 2 aliphatic rings. The summed E-state index contributed by atoms with van der Waals surface area (Å²) >= 11 is 0. The molecule has 0 heterocycles. The van der Waals surface area contributed by atoms with E-state index in [4.69, 9.17) is 0 Å². The lowest BCUT2D eigenvalue weighted by molar-refractivity contribution is 0.0114. The van der Waals surface area contributed by atoms with Crippen LogP contribution >= 0.6 is 0 Å². The summed E-state index contributed by atoms with van der Waals surface area (Å²) in [4.78, 5) is 0. The molecular formula is C17H24O. The van der Waals surface area contributed by atoms with E-state index < -0.39 is 0 Å². The van der Waals surface area contributed by atoms with Gasteiger partial charge in [-0.3, -0.25) is 0 Å². The van der Waals surface area contributed by atoms with Gasteiger partial charge in [0.2, 0.25) is 0 Å². The van der Waals surface area contributed by atoms with E-state index in [2.05, 4.69) is 30.3 Å². The van der Waals surface area contributed by atoms with Gasteiger partial charge in [-0.15, -0.1) is 0 Å². The molecule has 1 aromatic rings. The van der Waals surface area contributed by atoms with Gasteiger partial charge in [0, 0.05) is 5.41 Å². The highest BCUT2D eigenvalue weighted by atomic mass is 16.3. The Bertz CT molecular complexity index is 374. The maximum Gasteiger partial charge on any atom is 0.0639 e. The molecular weight excluding hydrogens is 220 g/mol. The predicted molar refractivity (Wildman–Crippen MR) is 74.6 cm³/mol. The van der Waals surface area contributed by atoms with Crippen LogP contribution in [0.4, 0.5) is 0 Å². The SMILES string of the molecule is OC(CC1CCCC1)C1(c2ccccc2)CCC1. The Morgan fingerprint density at radius 2 is 1.72 bits per heavy atom. The van der Waals surface area contributed by atoms with Crippen molar-refractivity contribution in [3.63, 3.8) is 0 Å². The molecule has 2 aliphatic carbocycles. The summed E-state index contributed by atoms with van der Waals surface area (Å²) in [5.74, 6) is 0.779. The Kier molecular flexibility index (Phi) is 3.43. The van der Waals surface area contributed by atoms with Gasteiger partial charge < -0.3 is 5.11 Å². The van der Waals surface area contributed by atoms with Crippen LogP contribution < -0.4 is 0 Å². The van der Waals surface area contributed by atoms with E-state index in [0.29, 0.717) is 0 Å². The van der Waals surface area contributed by atoms with Crippen LogP contribution in [-0.2, 0) is 5.41 Å². The summed E-state index contributed by atoms with van der Waals surface area (Å²) < 4.78 is 0. The van der Waals surface area contributed by atoms with Crippen molar-refractivity contribution in [1.82, 2.24) is 0 Å². The number of hydrogen-bond donors (Lipinski definition) is 1. The van der Waals surface area contributed by atoms with Crippen LogP contribution in [0.3, 0.4) is 0 Å². The lowest BCUT2D eigenvalue weighted by Crippen LogP contribution is -2.46. The molecule has 1 heteroatoms. The lowest BCUT2D eigenvalue weighted by atomic mass is 9.60. The fourth-order valence-corrected chi connectivity index (χ4v) is 3.93. The first kappa shape index (κ1) is 12.2. The Hall–Kier alpha value is -0.820. The summed E-state index contributed by atoms with van der Waals surface area (Å²) in [6.07, 6.45) is 9.92. The molecule has 2 fully saturated rings. The third-order valence-electron chi connectivity index (χ3n) is 5.26. The second kappa shape index (κ2) is 5.05. The standard InChI is InChI=1S/C17H24O/c18-16(13-14-7-4-5-8-14)17(11-6-12-17)15-9-2-1-3-10-15/h1-3,9-10,14,16,18H,4-8,11-13H2. The monoisotopic (exact) mass is 244 g/mol. The summed E-state index contributed by atoms with van der Waals surface area (Å²) in [5.41, 5.74) is 1.45. The van der Waals surface area contributed by atoms with Gasteiger partial charge in [0.25, 0.3) is 0 Å². The zero-order valence-corrected chi connectivity index (χ0v) is 11.1. The second-order valence-electron chi connectivity index (χ2n) is 6.28. The van der Waals surface area contributed by atoms with Crippen molar-refractivity contribution in [1.29, 1.82) is 0 Å². The minimum absolute atomic E-state index is 0.0872. The van der Waals surface area contributed by atoms with Gasteiger partial charge in [-0.1, -0.05) is 62.4 Å². The molecule has 0 bridgehead atoms. The first-order chi connectivity index (χ1) is 8.81. The molecule has 0 aromatic heterocycles. The molecule has 1 nitrogen and oxygen atoms in total. The molecule has 1 unspecified atom stereocenters. The molecule has 0 saturated heterocycles. The van der Waals surface area contributed by atoms with Crippen LogP contribution in [0.1, 0.15) is 56.9 Å². The van der Waals surface area contributed by atoms with E-state index >= 15 is 0 Å². The van der Waals surface area contributed by atoms with E-state index in [0.717, 1.165) is 12.3 Å². The Labute approximate surface area is 110 Å². The highest BCUT2D eigenvalue weighted by Crippen LogP contribution is 2.48. The highest BCUT2D eigenvalue weighted by molar-refractivity contribution is 5.29. The van der Waals surface area contributed by atoms with Crippen LogP contribution in [0.25, 0.3) is 0 Å². The number of rotatable bonds is 4. The zero-order valence-electron chi connectivity index (χ0n) is 11.1. The molecule has 0 aliphatic heterocycles. The van der Waals surface area contributed by atoms with Crippen LogP contribution in [0, 0.1) is 5.92 Å². The third-order valence-corrected chi connectivity index (χ3v) is 5.26. The first-order valence-electron chi connectivity index (χ1n) is 7.55. The second-order valence-corrected chi connectivity index (χ2v) is 6.28. The third kappa shape index (κ3) is 2.09. The molecule has 1 atom stereocenters. The topological polar surface area (TPSA) is 20.2 Å². The van der Waals surface area contributed by atoms with E-state index in [-0.39, 0.29) is 11.5 Å². The maximum atomic E-state index is 10.7. The van der Waals surface area contributed by atoms with Crippen molar-refractivity contribution in [2.24, 2.45) is 5.92 Å². The van der Waals surface area contributed by atoms with E-state index in [1.165, 1.54) is 50.5 Å². The largest absolute Gasteiger partial charge is 0.392 e. The number of aliphatic hydroxyl groups excluding tert-OH is 1. The molecule has 98 valence electrons. The molecule has 18 heavy (non-hydrogen) atoms. The normalized spacial score (nSPS) is 24.7. The van der Waals surface area contributed by atoms with Crippen molar-refractivity contribution >= 4 is 0 Å². The van der Waals surface area contributed by atoms with Crippen LogP contribution in [0.15, 0.2) is 30.3 Å². The van der Waals surface area contributed by atoms with E-state index in [1.807, 2.05) is 0 Å². The Balaban J connectivity index is 1.74. The Morgan fingerprint density at radius 1 is 1.06 bits per heavy atom. The fourth-order valence-electron chi connectivity index (χ4n) is 3.93. The van der Waals surface area contributed by atoms with Crippen LogP contribution in [0.5, 0.6) is 0 Å². The summed E-state index contributed by atoms with van der Waals surface area (Å²) in [5, 5.41) is 10.7. The smallest absolute Gasteiger partial charge is 0.0639 e. The summed E-state index contributed by atoms with van der Waals surface area (Å²) in [6.45, 7) is 0. The Morgan fingerprint density at radius 3 is 2.28 bits per heavy atom. The quantitative estimate of drug-likeness (QED) is 0.847. The zero-order chi connectivity index (χ0) is 12.4. The molecule has 3 rings (SSSR count). The van der Waals surface area contributed by atoms with Crippen LogP contribution in [0.2, 0.25) is 0 Å². The average Bonchev–Trinajstić information content (AvgIpc) is 2.82. The van der Waals surface area contributed by atoms with Gasteiger partial charge in [-0.05, 0) is 30.7 Å². The van der Waals surface area contributed by atoms with Gasteiger partial charge in [-0.2, -0.15) is 0 Å². The highest BCUT2D eigenvalue weighted by Gasteiger charge is 2.45. The van der Waals surface area contributed by atoms with Gasteiger partial charge >= 0.3 is 0 Å². The predicted octanol–water partition coefficient (Wildman–Crippen LogP) is 4.05. The average molecular weight is 244 g/mol.